The lowest BCUT2D eigenvalue weighted by molar-refractivity contribution is -0.131. The summed E-state index contributed by atoms with van der Waals surface area (Å²) in [6.07, 6.45) is 3.85. The number of alkyl halides is 1. The molecule has 110 valence electrons. The van der Waals surface area contributed by atoms with Gasteiger partial charge in [0.05, 0.1) is 0 Å². The van der Waals surface area contributed by atoms with Crippen LogP contribution >= 0.6 is 11.6 Å². The lowest BCUT2D eigenvalue weighted by atomic mass is 10.0. The van der Waals surface area contributed by atoms with Gasteiger partial charge in [0.2, 0.25) is 0 Å². The van der Waals surface area contributed by atoms with Crippen LogP contribution in [0.1, 0.15) is 30.0 Å². The molecule has 0 bridgehead atoms. The largest absolute Gasteiger partial charge is 0.478 e. The molecule has 0 heterocycles. The average molecular weight is 296 g/mol. The molecule has 0 spiro atoms. The molecule has 0 aliphatic carbocycles. The molecule has 1 N–H and O–H groups in total. The van der Waals surface area contributed by atoms with Crippen LogP contribution in [0.25, 0.3) is 6.08 Å². The first-order chi connectivity index (χ1) is 9.49. The topological polar surface area (TPSA) is 40.5 Å². The van der Waals surface area contributed by atoms with E-state index in [1.54, 1.807) is 6.08 Å². The van der Waals surface area contributed by atoms with Gasteiger partial charge in [-0.15, -0.1) is 11.6 Å². The third kappa shape index (κ3) is 4.57. The molecule has 0 atom stereocenters. The van der Waals surface area contributed by atoms with Gasteiger partial charge in [0.25, 0.3) is 0 Å². The minimum atomic E-state index is -0.931. The van der Waals surface area contributed by atoms with Crippen LogP contribution in [0.2, 0.25) is 0 Å². The number of carboxylic acids is 1. The minimum absolute atomic E-state index is 0.597. The first kappa shape index (κ1) is 16.6. The number of nitrogens with zero attached hydrogens (tertiary/aromatic N) is 1. The molecular weight excluding hydrogens is 274 g/mol. The Hall–Kier alpha value is -1.48. The van der Waals surface area contributed by atoms with Gasteiger partial charge in [0.1, 0.15) is 0 Å². The van der Waals surface area contributed by atoms with Crippen molar-refractivity contribution >= 4 is 29.3 Å². The quantitative estimate of drug-likeness (QED) is 0.613. The summed E-state index contributed by atoms with van der Waals surface area (Å²) >= 11 is 5.88. The van der Waals surface area contributed by atoms with Gasteiger partial charge in [-0.3, -0.25) is 0 Å². The third-order valence-electron chi connectivity index (χ3n) is 3.10. The summed E-state index contributed by atoms with van der Waals surface area (Å²) in [5.74, 6) is -0.335. The van der Waals surface area contributed by atoms with E-state index in [0.717, 1.165) is 42.3 Å². The van der Waals surface area contributed by atoms with Crippen LogP contribution < -0.4 is 4.90 Å². The first-order valence-corrected chi connectivity index (χ1v) is 7.36. The van der Waals surface area contributed by atoms with Crippen LogP contribution in [-0.4, -0.2) is 30.0 Å². The maximum Gasteiger partial charge on any atom is 0.328 e. The second-order valence-corrected chi connectivity index (χ2v) is 5.23. The molecule has 4 heteroatoms. The Morgan fingerprint density at radius 1 is 1.30 bits per heavy atom. The zero-order valence-electron chi connectivity index (χ0n) is 12.3. The second-order valence-electron chi connectivity index (χ2n) is 4.85. The molecule has 20 heavy (non-hydrogen) atoms. The number of anilines is 1. The lowest BCUT2D eigenvalue weighted by Crippen LogP contribution is -2.27. The molecule has 1 aromatic rings. The van der Waals surface area contributed by atoms with Gasteiger partial charge >= 0.3 is 5.97 Å². The number of aliphatic carboxylic acids is 1. The Labute approximate surface area is 125 Å². The van der Waals surface area contributed by atoms with Crippen molar-refractivity contribution in [1.29, 1.82) is 0 Å². The number of halogens is 1. The molecule has 0 saturated heterocycles. The van der Waals surface area contributed by atoms with Crippen molar-refractivity contribution in [2.24, 2.45) is 0 Å². The number of carboxylic acid groups (broad SMARTS) is 1. The van der Waals surface area contributed by atoms with Crippen LogP contribution in [0.3, 0.4) is 0 Å². The summed E-state index contributed by atoms with van der Waals surface area (Å²) in [4.78, 5) is 12.9. The zero-order valence-corrected chi connectivity index (χ0v) is 13.1. The van der Waals surface area contributed by atoms with Gasteiger partial charge in [-0.25, -0.2) is 4.79 Å². The summed E-state index contributed by atoms with van der Waals surface area (Å²) in [7, 11) is 0. The van der Waals surface area contributed by atoms with Gasteiger partial charge in [0.15, 0.2) is 0 Å². The highest BCUT2D eigenvalue weighted by Gasteiger charge is 2.11. The molecule has 1 rings (SSSR count). The van der Waals surface area contributed by atoms with Crippen LogP contribution in [0, 0.1) is 13.8 Å². The number of aryl methyl sites for hydroxylation is 2. The van der Waals surface area contributed by atoms with Crippen molar-refractivity contribution in [3.63, 3.8) is 0 Å². The predicted molar refractivity (Wildman–Crippen MR) is 85.8 cm³/mol. The Kier molecular flexibility index (Phi) is 6.59. The summed E-state index contributed by atoms with van der Waals surface area (Å²) in [5, 5.41) is 8.69. The van der Waals surface area contributed by atoms with Crippen LogP contribution in [0.5, 0.6) is 0 Å². The van der Waals surface area contributed by atoms with E-state index in [-0.39, 0.29) is 0 Å². The zero-order chi connectivity index (χ0) is 15.1. The smallest absolute Gasteiger partial charge is 0.328 e. The third-order valence-corrected chi connectivity index (χ3v) is 3.26. The van der Waals surface area contributed by atoms with Crippen LogP contribution in [-0.2, 0) is 4.79 Å². The van der Waals surface area contributed by atoms with Gasteiger partial charge in [0, 0.05) is 30.7 Å². The van der Waals surface area contributed by atoms with Crippen molar-refractivity contribution < 1.29 is 9.90 Å². The number of benzene rings is 1. The van der Waals surface area contributed by atoms with Crippen LogP contribution in [0.15, 0.2) is 18.2 Å². The SMILES string of the molecule is CCCN(CCCl)c1c(C)cc(C=CC(=O)O)cc1C. The van der Waals surface area contributed by atoms with E-state index in [4.69, 9.17) is 16.7 Å². The fourth-order valence-electron chi connectivity index (χ4n) is 2.46. The molecule has 0 aromatic heterocycles. The molecule has 0 amide bonds. The average Bonchev–Trinajstić information content (AvgIpc) is 2.36. The summed E-state index contributed by atoms with van der Waals surface area (Å²) in [6, 6.07) is 4.03. The Morgan fingerprint density at radius 3 is 2.35 bits per heavy atom. The van der Waals surface area contributed by atoms with Gasteiger partial charge in [-0.2, -0.15) is 0 Å². The van der Waals surface area contributed by atoms with E-state index < -0.39 is 5.97 Å². The van der Waals surface area contributed by atoms with Gasteiger partial charge in [-0.1, -0.05) is 6.92 Å². The highest BCUT2D eigenvalue weighted by atomic mass is 35.5. The minimum Gasteiger partial charge on any atom is -0.478 e. The molecule has 3 nitrogen and oxygen atoms in total. The maximum atomic E-state index is 10.6. The summed E-state index contributed by atoms with van der Waals surface area (Å²) in [6.45, 7) is 8.05. The number of hydrogen-bond acceptors (Lipinski definition) is 2. The normalized spacial score (nSPS) is 11.0. The van der Waals surface area contributed by atoms with E-state index in [1.165, 1.54) is 5.69 Å². The molecule has 0 saturated carbocycles. The summed E-state index contributed by atoms with van der Waals surface area (Å²) in [5.41, 5.74) is 4.41. The Balaban J connectivity index is 3.12. The molecular formula is C16H22ClNO2. The fraction of sp³-hybridized carbons (Fsp3) is 0.438. The molecule has 0 unspecified atom stereocenters. The predicted octanol–water partition coefficient (Wildman–Crippen LogP) is 3.86. The van der Waals surface area contributed by atoms with Crippen molar-refractivity contribution in [3.8, 4) is 0 Å². The van der Waals surface area contributed by atoms with Crippen LogP contribution in [0.4, 0.5) is 5.69 Å². The maximum absolute atomic E-state index is 10.6. The Bertz CT molecular complexity index is 468. The number of hydrogen-bond donors (Lipinski definition) is 1. The van der Waals surface area contributed by atoms with E-state index in [0.29, 0.717) is 5.88 Å². The molecule has 0 aliphatic heterocycles. The number of rotatable bonds is 7. The first-order valence-electron chi connectivity index (χ1n) is 6.82. The fourth-order valence-corrected chi connectivity index (χ4v) is 2.66. The molecule has 1 aromatic carbocycles. The molecule has 0 aliphatic rings. The highest BCUT2D eigenvalue weighted by Crippen LogP contribution is 2.27. The molecule has 0 fully saturated rings. The van der Waals surface area contributed by atoms with E-state index in [2.05, 4.69) is 25.7 Å². The van der Waals surface area contributed by atoms with E-state index >= 15 is 0 Å². The van der Waals surface area contributed by atoms with Gasteiger partial charge < -0.3 is 10.0 Å². The van der Waals surface area contributed by atoms with E-state index in [9.17, 15) is 4.79 Å². The van der Waals surface area contributed by atoms with Crippen molar-refractivity contribution in [2.45, 2.75) is 27.2 Å². The number of carbonyl (C=O) groups is 1. The highest BCUT2D eigenvalue weighted by molar-refractivity contribution is 6.18. The van der Waals surface area contributed by atoms with Gasteiger partial charge in [-0.05, 0) is 55.2 Å². The van der Waals surface area contributed by atoms with Crippen molar-refractivity contribution in [3.05, 3.63) is 34.9 Å². The Morgan fingerprint density at radius 2 is 1.90 bits per heavy atom. The van der Waals surface area contributed by atoms with Crippen molar-refractivity contribution in [2.75, 3.05) is 23.9 Å². The molecule has 0 radical (unpaired) electrons. The standard InChI is InChI=1S/C16H22ClNO2/c1-4-8-18(9-7-17)16-12(2)10-14(11-13(16)3)5-6-15(19)20/h5-6,10-11H,4,7-9H2,1-3H3,(H,19,20). The lowest BCUT2D eigenvalue weighted by Gasteiger charge is -2.27. The van der Waals surface area contributed by atoms with Crippen molar-refractivity contribution in [1.82, 2.24) is 0 Å². The monoisotopic (exact) mass is 295 g/mol. The second kappa shape index (κ2) is 7.95. The summed E-state index contributed by atoms with van der Waals surface area (Å²) < 4.78 is 0. The van der Waals surface area contributed by atoms with E-state index in [1.807, 2.05) is 12.1 Å².